The molecule has 1 aromatic carbocycles. The third kappa shape index (κ3) is 3.27. The van der Waals surface area contributed by atoms with Crippen LogP contribution in [0.5, 0.6) is 0 Å². The van der Waals surface area contributed by atoms with Gasteiger partial charge in [0, 0.05) is 25.6 Å². The summed E-state index contributed by atoms with van der Waals surface area (Å²) in [7, 11) is 0. The Morgan fingerprint density at radius 1 is 1.29 bits per heavy atom. The number of urea groups is 1. The monoisotopic (exact) mass is 284 g/mol. The Hall–Kier alpha value is -2.23. The predicted octanol–water partition coefficient (Wildman–Crippen LogP) is 2.98. The van der Waals surface area contributed by atoms with E-state index in [9.17, 15) is 4.79 Å². The summed E-state index contributed by atoms with van der Waals surface area (Å²) in [5, 5.41) is 3.05. The zero-order chi connectivity index (χ0) is 14.7. The van der Waals surface area contributed by atoms with Crippen molar-refractivity contribution in [2.75, 3.05) is 6.54 Å². The third-order valence-electron chi connectivity index (χ3n) is 3.88. The topological polar surface area (TPSA) is 45.5 Å². The quantitative estimate of drug-likeness (QED) is 0.941. The molecule has 2 aromatic rings. The van der Waals surface area contributed by atoms with Gasteiger partial charge in [-0.05, 0) is 36.6 Å². The number of carbonyl (C=O) groups excluding carboxylic acids is 1. The number of carbonyl (C=O) groups is 1. The first kappa shape index (κ1) is 13.7. The fourth-order valence-electron chi connectivity index (χ4n) is 2.75. The molecule has 0 bridgehead atoms. The van der Waals surface area contributed by atoms with Gasteiger partial charge in [-0.25, -0.2) is 4.79 Å². The Bertz CT molecular complexity index is 607. The number of nitrogens with one attached hydrogen (secondary N) is 1. The van der Waals surface area contributed by atoms with Gasteiger partial charge in [0.25, 0.3) is 0 Å². The first-order valence-electron chi connectivity index (χ1n) is 7.37. The second-order valence-corrected chi connectivity index (χ2v) is 5.57. The van der Waals surface area contributed by atoms with Crippen LogP contribution in [-0.4, -0.2) is 23.5 Å². The van der Waals surface area contributed by atoms with Crippen LogP contribution in [0.1, 0.15) is 23.8 Å². The molecule has 110 valence electrons. The molecular weight excluding hydrogens is 264 g/mol. The SMILES string of the molecule is C[C@H](Cc1ccco1)NC(=O)N1CCc2ccccc2C1. The number of amides is 2. The number of hydrogen-bond acceptors (Lipinski definition) is 2. The van der Waals surface area contributed by atoms with Crippen molar-refractivity contribution in [3.63, 3.8) is 0 Å². The molecule has 1 N–H and O–H groups in total. The van der Waals surface area contributed by atoms with Crippen molar-refractivity contribution in [2.45, 2.75) is 32.4 Å². The lowest BCUT2D eigenvalue weighted by atomic mass is 10.0. The van der Waals surface area contributed by atoms with Gasteiger partial charge in [0.15, 0.2) is 0 Å². The minimum absolute atomic E-state index is 0.00330. The van der Waals surface area contributed by atoms with Crippen LogP contribution in [0.4, 0.5) is 4.79 Å². The average molecular weight is 284 g/mol. The molecule has 1 atom stereocenters. The van der Waals surface area contributed by atoms with E-state index < -0.39 is 0 Å². The van der Waals surface area contributed by atoms with Crippen LogP contribution in [0.15, 0.2) is 47.1 Å². The lowest BCUT2D eigenvalue weighted by Crippen LogP contribution is -2.46. The van der Waals surface area contributed by atoms with Crippen molar-refractivity contribution in [3.05, 3.63) is 59.5 Å². The van der Waals surface area contributed by atoms with Crippen LogP contribution in [0, 0.1) is 0 Å². The minimum Gasteiger partial charge on any atom is -0.469 e. The summed E-state index contributed by atoms with van der Waals surface area (Å²) in [6.07, 6.45) is 3.30. The molecule has 1 aliphatic rings. The molecule has 0 unspecified atom stereocenters. The average Bonchev–Trinajstić information content (AvgIpc) is 2.99. The maximum atomic E-state index is 12.3. The molecule has 0 saturated carbocycles. The van der Waals surface area contributed by atoms with Gasteiger partial charge >= 0.3 is 6.03 Å². The molecule has 1 aliphatic heterocycles. The molecule has 0 aliphatic carbocycles. The lowest BCUT2D eigenvalue weighted by molar-refractivity contribution is 0.188. The smallest absolute Gasteiger partial charge is 0.317 e. The number of hydrogen-bond donors (Lipinski definition) is 1. The molecule has 0 fully saturated rings. The van der Waals surface area contributed by atoms with Crippen LogP contribution >= 0.6 is 0 Å². The molecule has 3 rings (SSSR count). The Labute approximate surface area is 124 Å². The molecule has 0 radical (unpaired) electrons. The van der Waals surface area contributed by atoms with Crippen molar-refractivity contribution in [1.29, 1.82) is 0 Å². The van der Waals surface area contributed by atoms with Crippen molar-refractivity contribution in [3.8, 4) is 0 Å². The second kappa shape index (κ2) is 6.04. The van der Waals surface area contributed by atoms with Crippen molar-refractivity contribution >= 4 is 6.03 Å². The summed E-state index contributed by atoms with van der Waals surface area (Å²) in [5.41, 5.74) is 2.60. The van der Waals surface area contributed by atoms with E-state index in [1.54, 1.807) is 6.26 Å². The van der Waals surface area contributed by atoms with Gasteiger partial charge in [-0.1, -0.05) is 24.3 Å². The van der Waals surface area contributed by atoms with Gasteiger partial charge in [-0.3, -0.25) is 0 Å². The zero-order valence-corrected chi connectivity index (χ0v) is 12.2. The van der Waals surface area contributed by atoms with Crippen molar-refractivity contribution in [1.82, 2.24) is 10.2 Å². The number of rotatable bonds is 3. The van der Waals surface area contributed by atoms with Gasteiger partial charge < -0.3 is 14.6 Å². The van der Waals surface area contributed by atoms with Crippen LogP contribution in [0.3, 0.4) is 0 Å². The Morgan fingerprint density at radius 3 is 2.86 bits per heavy atom. The number of fused-ring (bicyclic) bond motifs is 1. The van der Waals surface area contributed by atoms with Gasteiger partial charge in [0.2, 0.25) is 0 Å². The summed E-state index contributed by atoms with van der Waals surface area (Å²) < 4.78 is 5.31. The van der Waals surface area contributed by atoms with Crippen molar-refractivity contribution in [2.24, 2.45) is 0 Å². The van der Waals surface area contributed by atoms with E-state index in [2.05, 4.69) is 23.5 Å². The fraction of sp³-hybridized carbons (Fsp3) is 0.353. The summed E-state index contributed by atoms with van der Waals surface area (Å²) in [6, 6.07) is 12.2. The van der Waals surface area contributed by atoms with E-state index in [1.165, 1.54) is 11.1 Å². The predicted molar refractivity (Wildman–Crippen MR) is 81.0 cm³/mol. The van der Waals surface area contributed by atoms with Gasteiger partial charge in [-0.15, -0.1) is 0 Å². The highest BCUT2D eigenvalue weighted by molar-refractivity contribution is 5.74. The summed E-state index contributed by atoms with van der Waals surface area (Å²) in [6.45, 7) is 3.46. The highest BCUT2D eigenvalue weighted by atomic mass is 16.3. The van der Waals surface area contributed by atoms with Gasteiger partial charge in [0.1, 0.15) is 5.76 Å². The van der Waals surface area contributed by atoms with Crippen LogP contribution in [0.25, 0.3) is 0 Å². The maximum Gasteiger partial charge on any atom is 0.317 e. The van der Waals surface area contributed by atoms with Gasteiger partial charge in [-0.2, -0.15) is 0 Å². The Balaban J connectivity index is 1.56. The first-order chi connectivity index (χ1) is 10.2. The summed E-state index contributed by atoms with van der Waals surface area (Å²) >= 11 is 0. The molecule has 21 heavy (non-hydrogen) atoms. The van der Waals surface area contributed by atoms with Crippen molar-refractivity contribution < 1.29 is 9.21 Å². The van der Waals surface area contributed by atoms with E-state index in [-0.39, 0.29) is 12.1 Å². The van der Waals surface area contributed by atoms with E-state index in [4.69, 9.17) is 4.42 Å². The molecule has 0 spiro atoms. The van der Waals surface area contributed by atoms with Crippen LogP contribution in [0.2, 0.25) is 0 Å². The zero-order valence-electron chi connectivity index (χ0n) is 12.2. The molecule has 4 nitrogen and oxygen atoms in total. The van der Waals surface area contributed by atoms with E-state index in [0.29, 0.717) is 13.0 Å². The number of nitrogens with zero attached hydrogens (tertiary/aromatic N) is 1. The minimum atomic E-state index is 0.00330. The van der Waals surface area contributed by atoms with Gasteiger partial charge in [0.05, 0.1) is 6.26 Å². The number of furan rings is 1. The van der Waals surface area contributed by atoms with E-state index in [0.717, 1.165) is 18.7 Å². The molecule has 0 saturated heterocycles. The molecular formula is C17H20N2O2. The standard InChI is InChI=1S/C17H20N2O2/c1-13(11-16-7-4-10-21-16)18-17(20)19-9-8-14-5-2-3-6-15(14)12-19/h2-7,10,13H,8-9,11-12H2,1H3,(H,18,20)/t13-/m1/s1. The Kier molecular flexibility index (Phi) is 3.95. The summed E-state index contributed by atoms with van der Waals surface area (Å²) in [5.74, 6) is 0.895. The molecule has 1 aromatic heterocycles. The second-order valence-electron chi connectivity index (χ2n) is 5.57. The van der Waals surface area contributed by atoms with Crippen LogP contribution in [-0.2, 0) is 19.4 Å². The van der Waals surface area contributed by atoms with E-state index >= 15 is 0 Å². The first-order valence-corrected chi connectivity index (χ1v) is 7.37. The lowest BCUT2D eigenvalue weighted by Gasteiger charge is -2.30. The molecule has 2 heterocycles. The number of benzene rings is 1. The third-order valence-corrected chi connectivity index (χ3v) is 3.88. The van der Waals surface area contributed by atoms with Crippen LogP contribution < -0.4 is 5.32 Å². The Morgan fingerprint density at radius 2 is 2.10 bits per heavy atom. The molecule has 4 heteroatoms. The highest BCUT2D eigenvalue weighted by Gasteiger charge is 2.21. The fourth-order valence-corrected chi connectivity index (χ4v) is 2.75. The normalized spacial score (nSPS) is 15.4. The highest BCUT2D eigenvalue weighted by Crippen LogP contribution is 2.18. The largest absolute Gasteiger partial charge is 0.469 e. The maximum absolute atomic E-state index is 12.3. The van der Waals surface area contributed by atoms with E-state index in [1.807, 2.05) is 30.0 Å². The molecule has 2 amide bonds. The summed E-state index contributed by atoms with van der Waals surface area (Å²) in [4.78, 5) is 14.2.